The number of carbonyl (C=O) groups is 2. The summed E-state index contributed by atoms with van der Waals surface area (Å²) in [5.74, 6) is -0.0497. The van der Waals surface area contributed by atoms with Crippen LogP contribution in [-0.2, 0) is 9.59 Å². The lowest BCUT2D eigenvalue weighted by molar-refractivity contribution is -0.119. The molecular weight excluding hydrogens is 242 g/mol. The van der Waals surface area contributed by atoms with E-state index >= 15 is 0 Å². The fourth-order valence-electron chi connectivity index (χ4n) is 1.60. The van der Waals surface area contributed by atoms with Crippen LogP contribution in [0.3, 0.4) is 0 Å². The number of nitrogens with one attached hydrogen (secondary N) is 3. The van der Waals surface area contributed by atoms with Gasteiger partial charge in [0, 0.05) is 24.3 Å². The van der Waals surface area contributed by atoms with Crippen molar-refractivity contribution < 1.29 is 9.59 Å². The Morgan fingerprint density at radius 1 is 1.11 bits per heavy atom. The number of carbonyl (C=O) groups excluding carboxylic acids is 2. The van der Waals surface area contributed by atoms with E-state index in [4.69, 9.17) is 0 Å². The van der Waals surface area contributed by atoms with Gasteiger partial charge in [-0.05, 0) is 31.5 Å². The van der Waals surface area contributed by atoms with Crippen LogP contribution in [0.5, 0.6) is 0 Å². The number of amides is 2. The second kappa shape index (κ2) is 8.13. The van der Waals surface area contributed by atoms with Gasteiger partial charge in [-0.3, -0.25) is 9.59 Å². The summed E-state index contributed by atoms with van der Waals surface area (Å²) in [6, 6.07) is 7.33. The highest BCUT2D eigenvalue weighted by molar-refractivity contribution is 5.91. The predicted molar refractivity (Wildman–Crippen MR) is 77.2 cm³/mol. The van der Waals surface area contributed by atoms with Gasteiger partial charge in [-0.2, -0.15) is 0 Å². The third kappa shape index (κ3) is 5.90. The van der Waals surface area contributed by atoms with Crippen molar-refractivity contribution >= 4 is 23.2 Å². The summed E-state index contributed by atoms with van der Waals surface area (Å²) in [5, 5.41) is 8.54. The van der Waals surface area contributed by atoms with Gasteiger partial charge in [0.1, 0.15) is 0 Å². The summed E-state index contributed by atoms with van der Waals surface area (Å²) in [7, 11) is 0. The number of anilines is 2. The van der Waals surface area contributed by atoms with Crippen molar-refractivity contribution in [2.75, 3.05) is 23.7 Å². The van der Waals surface area contributed by atoms with Crippen molar-refractivity contribution in [3.63, 3.8) is 0 Å². The molecule has 0 aliphatic carbocycles. The summed E-state index contributed by atoms with van der Waals surface area (Å²) < 4.78 is 0. The monoisotopic (exact) mass is 263 g/mol. The fraction of sp³-hybridized carbons (Fsp3) is 0.429. The summed E-state index contributed by atoms with van der Waals surface area (Å²) >= 11 is 0. The lowest BCUT2D eigenvalue weighted by Gasteiger charge is -2.09. The number of likely N-dealkylation sites (N-methyl/N-ethyl adjacent to an activating group) is 1. The third-order valence-electron chi connectivity index (χ3n) is 2.45. The molecule has 3 N–H and O–H groups in total. The number of rotatable bonds is 7. The average molecular weight is 263 g/mol. The second-order valence-corrected chi connectivity index (χ2v) is 4.19. The van der Waals surface area contributed by atoms with Crippen molar-refractivity contribution in [2.45, 2.75) is 26.7 Å². The molecule has 0 heterocycles. The molecule has 104 valence electrons. The molecule has 0 spiro atoms. The van der Waals surface area contributed by atoms with Crippen LogP contribution in [-0.4, -0.2) is 24.9 Å². The van der Waals surface area contributed by atoms with Crippen LogP contribution in [0, 0.1) is 0 Å². The van der Waals surface area contributed by atoms with Gasteiger partial charge in [-0.1, -0.05) is 13.0 Å². The Labute approximate surface area is 113 Å². The zero-order valence-corrected chi connectivity index (χ0v) is 11.5. The summed E-state index contributed by atoms with van der Waals surface area (Å²) in [6.45, 7) is 4.68. The molecular formula is C14H21N3O2. The Hall–Kier alpha value is -2.04. The second-order valence-electron chi connectivity index (χ2n) is 4.19. The Morgan fingerprint density at radius 3 is 2.53 bits per heavy atom. The van der Waals surface area contributed by atoms with Crippen LogP contribution in [0.15, 0.2) is 24.3 Å². The highest BCUT2D eigenvalue weighted by Crippen LogP contribution is 2.15. The van der Waals surface area contributed by atoms with Crippen LogP contribution in [0.1, 0.15) is 26.7 Å². The highest BCUT2D eigenvalue weighted by Gasteiger charge is 2.02. The Balaban J connectivity index is 2.52. The van der Waals surface area contributed by atoms with Crippen molar-refractivity contribution in [2.24, 2.45) is 0 Å². The van der Waals surface area contributed by atoms with E-state index in [9.17, 15) is 9.59 Å². The molecule has 19 heavy (non-hydrogen) atoms. The molecule has 1 rings (SSSR count). The van der Waals surface area contributed by atoms with Gasteiger partial charge in [0.2, 0.25) is 11.8 Å². The first-order valence-electron chi connectivity index (χ1n) is 6.56. The van der Waals surface area contributed by atoms with E-state index in [2.05, 4.69) is 16.0 Å². The number of benzene rings is 1. The number of hydrogen-bond donors (Lipinski definition) is 3. The minimum absolute atomic E-state index is 0.00313. The molecule has 0 fully saturated rings. The molecule has 0 radical (unpaired) electrons. The molecule has 0 saturated carbocycles. The quantitative estimate of drug-likeness (QED) is 0.704. The van der Waals surface area contributed by atoms with Crippen LogP contribution < -0.4 is 16.0 Å². The molecule has 2 amide bonds. The van der Waals surface area contributed by atoms with E-state index in [1.54, 1.807) is 0 Å². The van der Waals surface area contributed by atoms with Gasteiger partial charge in [-0.15, -0.1) is 0 Å². The van der Waals surface area contributed by atoms with Crippen molar-refractivity contribution in [1.82, 2.24) is 5.32 Å². The molecule has 0 bridgehead atoms. The van der Waals surface area contributed by atoms with E-state index in [-0.39, 0.29) is 18.4 Å². The van der Waals surface area contributed by atoms with Crippen LogP contribution in [0.2, 0.25) is 0 Å². The van der Waals surface area contributed by atoms with E-state index in [1.165, 1.54) is 0 Å². The van der Waals surface area contributed by atoms with Gasteiger partial charge in [0.05, 0.1) is 6.54 Å². The molecule has 0 aliphatic heterocycles. The van der Waals surface area contributed by atoms with Gasteiger partial charge in [0.15, 0.2) is 0 Å². The van der Waals surface area contributed by atoms with E-state index < -0.39 is 0 Å². The summed E-state index contributed by atoms with van der Waals surface area (Å²) in [5.41, 5.74) is 1.54. The average Bonchev–Trinajstić information content (AvgIpc) is 2.37. The molecule has 0 aromatic heterocycles. The topological polar surface area (TPSA) is 70.2 Å². The number of hydrogen-bond acceptors (Lipinski definition) is 3. The van der Waals surface area contributed by atoms with Crippen molar-refractivity contribution in [1.29, 1.82) is 0 Å². The molecule has 1 aromatic carbocycles. The standard InChI is InChI=1S/C14H21N3O2/c1-3-6-13(18)17-12-8-5-7-11(9-12)16-10-14(19)15-4-2/h5,7-9,16H,3-4,6,10H2,1-2H3,(H,15,19)(H,17,18). The molecule has 0 atom stereocenters. The van der Waals surface area contributed by atoms with Crippen molar-refractivity contribution in [3.05, 3.63) is 24.3 Å². The fourth-order valence-corrected chi connectivity index (χ4v) is 1.60. The van der Waals surface area contributed by atoms with Gasteiger partial charge in [0.25, 0.3) is 0 Å². The first kappa shape index (κ1) is 15.0. The van der Waals surface area contributed by atoms with E-state index in [0.717, 1.165) is 17.8 Å². The molecule has 0 saturated heterocycles. The Bertz CT molecular complexity index is 432. The predicted octanol–water partition coefficient (Wildman–Crippen LogP) is 1.97. The SMILES string of the molecule is CCCC(=O)Nc1cccc(NCC(=O)NCC)c1. The molecule has 1 aromatic rings. The maximum absolute atomic E-state index is 11.5. The van der Waals surface area contributed by atoms with E-state index in [1.807, 2.05) is 38.1 Å². The van der Waals surface area contributed by atoms with Gasteiger partial charge in [-0.25, -0.2) is 0 Å². The minimum atomic E-state index is -0.0529. The third-order valence-corrected chi connectivity index (χ3v) is 2.45. The first-order valence-corrected chi connectivity index (χ1v) is 6.56. The Morgan fingerprint density at radius 2 is 1.84 bits per heavy atom. The smallest absolute Gasteiger partial charge is 0.239 e. The molecule has 0 aliphatic rings. The van der Waals surface area contributed by atoms with Crippen LogP contribution >= 0.6 is 0 Å². The molecule has 5 nitrogen and oxygen atoms in total. The maximum atomic E-state index is 11.5. The van der Waals surface area contributed by atoms with Crippen LogP contribution in [0.25, 0.3) is 0 Å². The van der Waals surface area contributed by atoms with Crippen LogP contribution in [0.4, 0.5) is 11.4 Å². The normalized spacial score (nSPS) is 9.79. The van der Waals surface area contributed by atoms with E-state index in [0.29, 0.717) is 13.0 Å². The zero-order valence-electron chi connectivity index (χ0n) is 11.5. The maximum Gasteiger partial charge on any atom is 0.239 e. The van der Waals surface area contributed by atoms with Crippen molar-refractivity contribution in [3.8, 4) is 0 Å². The van der Waals surface area contributed by atoms with Gasteiger partial charge >= 0.3 is 0 Å². The largest absolute Gasteiger partial charge is 0.376 e. The zero-order chi connectivity index (χ0) is 14.1. The Kier molecular flexibility index (Phi) is 6.43. The highest BCUT2D eigenvalue weighted by atomic mass is 16.2. The minimum Gasteiger partial charge on any atom is -0.376 e. The lowest BCUT2D eigenvalue weighted by Crippen LogP contribution is -2.29. The lowest BCUT2D eigenvalue weighted by atomic mass is 10.2. The first-order chi connectivity index (χ1) is 9.15. The summed E-state index contributed by atoms with van der Waals surface area (Å²) in [6.07, 6.45) is 1.33. The van der Waals surface area contributed by atoms with Gasteiger partial charge < -0.3 is 16.0 Å². The summed E-state index contributed by atoms with van der Waals surface area (Å²) in [4.78, 5) is 22.8. The molecule has 0 unspecified atom stereocenters. The molecule has 5 heteroatoms.